The number of rotatable bonds is 10. The first-order chi connectivity index (χ1) is 14.5. The Morgan fingerprint density at radius 3 is 2.60 bits per heavy atom. The minimum Gasteiger partial charge on any atom is -0.497 e. The monoisotopic (exact) mass is 409 g/mol. The van der Waals surface area contributed by atoms with Crippen LogP contribution in [0.5, 0.6) is 5.75 Å². The Hall–Kier alpha value is -3.35. The molecule has 158 valence electrons. The van der Waals surface area contributed by atoms with E-state index in [4.69, 9.17) is 14.8 Å². The van der Waals surface area contributed by atoms with Crippen LogP contribution in [-0.2, 0) is 11.3 Å². The Balaban J connectivity index is 1.77. The summed E-state index contributed by atoms with van der Waals surface area (Å²) in [4.78, 5) is 28.4. The average molecular weight is 409 g/mol. The molecule has 0 bridgehead atoms. The van der Waals surface area contributed by atoms with Gasteiger partial charge in [0, 0.05) is 13.0 Å². The maximum atomic E-state index is 13.1. The molecule has 3 rings (SSSR count). The second-order valence-electron chi connectivity index (χ2n) is 7.23. The van der Waals surface area contributed by atoms with Gasteiger partial charge >= 0.3 is 5.97 Å². The summed E-state index contributed by atoms with van der Waals surface area (Å²) in [6.45, 7) is 2.99. The van der Waals surface area contributed by atoms with Crippen molar-refractivity contribution in [3.8, 4) is 5.75 Å². The molecule has 0 aliphatic heterocycles. The Bertz CT molecular complexity index is 1070. The van der Waals surface area contributed by atoms with Gasteiger partial charge in [0.05, 0.1) is 24.7 Å². The van der Waals surface area contributed by atoms with E-state index in [0.717, 1.165) is 29.8 Å². The van der Waals surface area contributed by atoms with E-state index < -0.39 is 5.97 Å². The van der Waals surface area contributed by atoms with Gasteiger partial charge in [0.15, 0.2) is 0 Å². The highest BCUT2D eigenvalue weighted by Crippen LogP contribution is 2.20. The number of unbranched alkanes of at least 4 members (excludes halogenated alkanes) is 2. The molecular weight excluding hydrogens is 382 g/mol. The van der Waals surface area contributed by atoms with E-state index in [2.05, 4.69) is 5.32 Å². The predicted octanol–water partition coefficient (Wildman–Crippen LogP) is 3.82. The van der Waals surface area contributed by atoms with Crippen LogP contribution in [0.3, 0.4) is 0 Å². The molecule has 30 heavy (non-hydrogen) atoms. The topological polar surface area (TPSA) is 93.4 Å². The second kappa shape index (κ2) is 9.91. The molecule has 0 amide bonds. The smallest absolute Gasteiger partial charge is 0.303 e. The molecule has 1 heterocycles. The maximum Gasteiger partial charge on any atom is 0.303 e. The minimum absolute atomic E-state index is 0.0709. The number of methoxy groups -OCH3 is 1. The van der Waals surface area contributed by atoms with Crippen molar-refractivity contribution >= 4 is 22.6 Å². The highest BCUT2D eigenvalue weighted by atomic mass is 16.5. The van der Waals surface area contributed by atoms with Gasteiger partial charge in [-0.1, -0.05) is 24.6 Å². The van der Waals surface area contributed by atoms with Crippen molar-refractivity contribution in [2.45, 2.75) is 39.2 Å². The summed E-state index contributed by atoms with van der Waals surface area (Å²) >= 11 is 0. The summed E-state index contributed by atoms with van der Waals surface area (Å²) in [7, 11) is 1.62. The first kappa shape index (κ1) is 21.4. The summed E-state index contributed by atoms with van der Waals surface area (Å²) < 4.78 is 6.87. The number of hydrogen-bond acceptors (Lipinski definition) is 5. The molecule has 0 aliphatic carbocycles. The van der Waals surface area contributed by atoms with Crippen LogP contribution in [0.2, 0.25) is 0 Å². The molecule has 0 fully saturated rings. The fourth-order valence-corrected chi connectivity index (χ4v) is 3.39. The molecule has 7 heteroatoms. The molecule has 2 N–H and O–H groups in total. The number of anilines is 1. The van der Waals surface area contributed by atoms with Crippen molar-refractivity contribution in [1.82, 2.24) is 9.55 Å². The van der Waals surface area contributed by atoms with Crippen molar-refractivity contribution in [3.05, 3.63) is 64.2 Å². The molecule has 0 saturated carbocycles. The standard InChI is InChI=1S/C23H27N3O4/c1-16-25-22-19(7-6-8-20(22)24-14-5-3-4-9-21(27)28)23(29)26(16)15-17-10-12-18(30-2)13-11-17/h6-8,10-13,24H,3-5,9,14-15H2,1-2H3,(H,27,28). The van der Waals surface area contributed by atoms with Crippen LogP contribution < -0.4 is 15.6 Å². The Kier molecular flexibility index (Phi) is 7.06. The van der Waals surface area contributed by atoms with Crippen molar-refractivity contribution in [1.29, 1.82) is 0 Å². The lowest BCUT2D eigenvalue weighted by Crippen LogP contribution is -2.24. The molecule has 0 unspecified atom stereocenters. The maximum absolute atomic E-state index is 13.1. The quantitative estimate of drug-likeness (QED) is 0.495. The number of carbonyl (C=O) groups is 1. The van der Waals surface area contributed by atoms with Crippen LogP contribution in [0.1, 0.15) is 37.1 Å². The van der Waals surface area contributed by atoms with Gasteiger partial charge in [0.25, 0.3) is 5.56 Å². The number of hydrogen-bond donors (Lipinski definition) is 2. The molecule has 0 aliphatic rings. The Labute approximate surface area is 175 Å². The number of aryl methyl sites for hydroxylation is 1. The van der Waals surface area contributed by atoms with Crippen molar-refractivity contribution in [3.63, 3.8) is 0 Å². The number of benzene rings is 2. The van der Waals surface area contributed by atoms with E-state index in [0.29, 0.717) is 36.2 Å². The van der Waals surface area contributed by atoms with E-state index in [-0.39, 0.29) is 12.0 Å². The lowest BCUT2D eigenvalue weighted by molar-refractivity contribution is -0.137. The van der Waals surface area contributed by atoms with Crippen LogP contribution in [0, 0.1) is 6.92 Å². The third-order valence-electron chi connectivity index (χ3n) is 5.06. The predicted molar refractivity (Wildman–Crippen MR) is 117 cm³/mol. The summed E-state index contributed by atoms with van der Waals surface area (Å²) in [5.74, 6) is 0.666. The van der Waals surface area contributed by atoms with E-state index >= 15 is 0 Å². The molecule has 1 aromatic heterocycles. The van der Waals surface area contributed by atoms with Crippen molar-refractivity contribution in [2.24, 2.45) is 0 Å². The van der Waals surface area contributed by atoms with Gasteiger partial charge in [-0.05, 0) is 49.6 Å². The van der Waals surface area contributed by atoms with E-state index in [1.54, 1.807) is 17.7 Å². The van der Waals surface area contributed by atoms with Gasteiger partial charge < -0.3 is 15.2 Å². The first-order valence-electron chi connectivity index (χ1n) is 10.1. The zero-order chi connectivity index (χ0) is 21.5. The molecular formula is C23H27N3O4. The number of aliphatic carboxylic acids is 1. The van der Waals surface area contributed by atoms with Crippen molar-refractivity contribution in [2.75, 3.05) is 19.0 Å². The summed E-state index contributed by atoms with van der Waals surface area (Å²) in [6, 6.07) is 13.2. The molecule has 0 spiro atoms. The fraction of sp³-hybridized carbons (Fsp3) is 0.348. The summed E-state index contributed by atoms with van der Waals surface area (Å²) in [6.07, 6.45) is 2.56. The molecule has 3 aromatic rings. The number of para-hydroxylation sites is 1. The average Bonchev–Trinajstić information content (AvgIpc) is 2.74. The lowest BCUT2D eigenvalue weighted by Gasteiger charge is -2.14. The van der Waals surface area contributed by atoms with Crippen LogP contribution in [0.25, 0.3) is 10.9 Å². The Morgan fingerprint density at radius 2 is 1.90 bits per heavy atom. The number of carboxylic acid groups (broad SMARTS) is 1. The van der Waals surface area contributed by atoms with Gasteiger partial charge in [0.2, 0.25) is 0 Å². The largest absolute Gasteiger partial charge is 0.497 e. The van der Waals surface area contributed by atoms with E-state index in [9.17, 15) is 9.59 Å². The number of aromatic nitrogens is 2. The Morgan fingerprint density at radius 1 is 1.13 bits per heavy atom. The summed E-state index contributed by atoms with van der Waals surface area (Å²) in [5.41, 5.74) is 2.41. The van der Waals surface area contributed by atoms with Gasteiger partial charge in [-0.25, -0.2) is 4.98 Å². The normalized spacial score (nSPS) is 10.9. The lowest BCUT2D eigenvalue weighted by atomic mass is 10.1. The first-order valence-corrected chi connectivity index (χ1v) is 10.1. The van der Waals surface area contributed by atoms with Crippen LogP contribution in [0.15, 0.2) is 47.3 Å². The molecule has 0 radical (unpaired) electrons. The van der Waals surface area contributed by atoms with Crippen LogP contribution >= 0.6 is 0 Å². The fourth-order valence-electron chi connectivity index (χ4n) is 3.39. The van der Waals surface area contributed by atoms with Gasteiger partial charge in [-0.3, -0.25) is 14.2 Å². The molecule has 7 nitrogen and oxygen atoms in total. The highest BCUT2D eigenvalue weighted by molar-refractivity contribution is 5.89. The van der Waals surface area contributed by atoms with Crippen LogP contribution in [-0.4, -0.2) is 34.3 Å². The van der Waals surface area contributed by atoms with E-state index in [1.807, 2.05) is 43.3 Å². The summed E-state index contributed by atoms with van der Waals surface area (Å²) in [5, 5.41) is 12.6. The second-order valence-corrected chi connectivity index (χ2v) is 7.23. The molecule has 0 atom stereocenters. The van der Waals surface area contributed by atoms with Gasteiger partial charge in [0.1, 0.15) is 17.1 Å². The van der Waals surface area contributed by atoms with E-state index in [1.165, 1.54) is 0 Å². The highest BCUT2D eigenvalue weighted by Gasteiger charge is 2.11. The van der Waals surface area contributed by atoms with Gasteiger partial charge in [-0.2, -0.15) is 0 Å². The molecule has 0 saturated heterocycles. The third-order valence-corrected chi connectivity index (χ3v) is 5.06. The number of fused-ring (bicyclic) bond motifs is 1. The zero-order valence-corrected chi connectivity index (χ0v) is 17.4. The number of carboxylic acids is 1. The molecule has 2 aromatic carbocycles. The SMILES string of the molecule is COc1ccc(Cn2c(C)nc3c(NCCCCCC(=O)O)cccc3c2=O)cc1. The van der Waals surface area contributed by atoms with Gasteiger partial charge in [-0.15, -0.1) is 0 Å². The zero-order valence-electron chi connectivity index (χ0n) is 17.4. The third kappa shape index (κ3) is 5.17. The number of nitrogens with zero attached hydrogens (tertiary/aromatic N) is 2. The minimum atomic E-state index is -0.761. The van der Waals surface area contributed by atoms with Crippen molar-refractivity contribution < 1.29 is 14.6 Å². The van der Waals surface area contributed by atoms with Crippen LogP contribution in [0.4, 0.5) is 5.69 Å². The number of nitrogens with one attached hydrogen (secondary N) is 1. The number of ether oxygens (including phenoxy) is 1.